The summed E-state index contributed by atoms with van der Waals surface area (Å²) < 4.78 is 39.6. The van der Waals surface area contributed by atoms with E-state index in [4.69, 9.17) is 5.11 Å². The van der Waals surface area contributed by atoms with Crippen molar-refractivity contribution in [2.75, 3.05) is 0 Å². The molecule has 6 heteroatoms. The summed E-state index contributed by atoms with van der Waals surface area (Å²) in [4.78, 5) is 10.2. The fraction of sp³-hybridized carbons (Fsp3) is 0.300. The Labute approximate surface area is 98.2 Å². The number of hydrogen-bond donors (Lipinski definition) is 1. The lowest BCUT2D eigenvalue weighted by Crippen LogP contribution is -2.15. The van der Waals surface area contributed by atoms with Gasteiger partial charge in [0.25, 0.3) is 5.92 Å². The molecule has 1 N–H and O–H groups in total. The van der Waals surface area contributed by atoms with Gasteiger partial charge in [-0.05, 0) is 28.1 Å². The molecule has 0 aliphatic rings. The van der Waals surface area contributed by atoms with Crippen LogP contribution >= 0.6 is 15.9 Å². The van der Waals surface area contributed by atoms with Crippen molar-refractivity contribution in [1.29, 1.82) is 0 Å². The minimum Gasteiger partial charge on any atom is -0.481 e. The molecular weight excluding hydrogens is 289 g/mol. The molecule has 0 aliphatic heterocycles. The second kappa shape index (κ2) is 4.86. The predicted molar refractivity (Wildman–Crippen MR) is 54.9 cm³/mol. The van der Waals surface area contributed by atoms with Crippen molar-refractivity contribution in [2.45, 2.75) is 18.8 Å². The molecule has 0 aromatic heterocycles. The third-order valence-electron chi connectivity index (χ3n) is 1.99. The molecule has 88 valence electrons. The van der Waals surface area contributed by atoms with Gasteiger partial charge in [-0.2, -0.15) is 0 Å². The van der Waals surface area contributed by atoms with E-state index in [0.717, 1.165) is 18.2 Å². The molecule has 0 radical (unpaired) electrons. The molecule has 0 unspecified atom stereocenters. The number of aliphatic carboxylic acids is 1. The van der Waals surface area contributed by atoms with Crippen molar-refractivity contribution >= 4 is 21.9 Å². The molecule has 16 heavy (non-hydrogen) atoms. The van der Waals surface area contributed by atoms with E-state index >= 15 is 0 Å². The van der Waals surface area contributed by atoms with Crippen LogP contribution in [0.15, 0.2) is 22.7 Å². The van der Waals surface area contributed by atoms with Gasteiger partial charge in [0.2, 0.25) is 0 Å². The first-order chi connectivity index (χ1) is 7.33. The molecule has 0 fully saturated rings. The zero-order chi connectivity index (χ0) is 12.3. The maximum atomic E-state index is 13.4. The smallest absolute Gasteiger partial charge is 0.303 e. The number of halogens is 4. The molecule has 0 saturated heterocycles. The second-order valence-electron chi connectivity index (χ2n) is 3.23. The van der Waals surface area contributed by atoms with Gasteiger partial charge in [-0.25, -0.2) is 13.2 Å². The number of carbonyl (C=O) groups is 1. The Morgan fingerprint density at radius 2 is 2.06 bits per heavy atom. The first kappa shape index (κ1) is 13.0. The van der Waals surface area contributed by atoms with Crippen molar-refractivity contribution < 1.29 is 23.1 Å². The normalized spacial score (nSPS) is 11.5. The van der Waals surface area contributed by atoms with Crippen LogP contribution in [0.2, 0.25) is 0 Å². The molecule has 0 spiro atoms. The highest BCUT2D eigenvalue weighted by Gasteiger charge is 2.32. The summed E-state index contributed by atoms with van der Waals surface area (Å²) in [5, 5.41) is 8.32. The van der Waals surface area contributed by atoms with Crippen molar-refractivity contribution in [2.24, 2.45) is 0 Å². The van der Waals surface area contributed by atoms with E-state index in [2.05, 4.69) is 15.9 Å². The SMILES string of the molecule is O=C(O)CCC(F)(F)c1ccc(F)c(Br)c1. The summed E-state index contributed by atoms with van der Waals surface area (Å²) in [6.45, 7) is 0. The Balaban J connectivity index is 2.88. The van der Waals surface area contributed by atoms with Gasteiger partial charge in [-0.3, -0.25) is 4.79 Å². The molecule has 1 rings (SSSR count). The van der Waals surface area contributed by atoms with Crippen LogP contribution in [0.4, 0.5) is 13.2 Å². The Kier molecular flexibility index (Phi) is 3.96. The molecular formula is C10H8BrF3O2. The topological polar surface area (TPSA) is 37.3 Å². The van der Waals surface area contributed by atoms with Crippen LogP contribution in [0.5, 0.6) is 0 Å². The summed E-state index contributed by atoms with van der Waals surface area (Å²) in [7, 11) is 0. The summed E-state index contributed by atoms with van der Waals surface area (Å²) in [6, 6.07) is 2.81. The number of rotatable bonds is 4. The third-order valence-corrected chi connectivity index (χ3v) is 2.60. The third kappa shape index (κ3) is 3.23. The molecule has 0 aliphatic carbocycles. The van der Waals surface area contributed by atoms with Crippen LogP contribution in [0.3, 0.4) is 0 Å². The van der Waals surface area contributed by atoms with E-state index in [1.165, 1.54) is 0 Å². The lowest BCUT2D eigenvalue weighted by atomic mass is 10.0. The van der Waals surface area contributed by atoms with Gasteiger partial charge >= 0.3 is 5.97 Å². The van der Waals surface area contributed by atoms with Gasteiger partial charge in [-0.1, -0.05) is 6.07 Å². The maximum Gasteiger partial charge on any atom is 0.303 e. The van der Waals surface area contributed by atoms with Crippen molar-refractivity contribution in [3.8, 4) is 0 Å². The summed E-state index contributed by atoms with van der Waals surface area (Å²) >= 11 is 2.79. The molecule has 0 heterocycles. The number of hydrogen-bond acceptors (Lipinski definition) is 1. The van der Waals surface area contributed by atoms with Crippen LogP contribution in [0.1, 0.15) is 18.4 Å². The number of benzene rings is 1. The first-order valence-electron chi connectivity index (χ1n) is 4.38. The largest absolute Gasteiger partial charge is 0.481 e. The van der Waals surface area contributed by atoms with Crippen LogP contribution < -0.4 is 0 Å². The average molecular weight is 297 g/mol. The van der Waals surface area contributed by atoms with Crippen molar-refractivity contribution in [1.82, 2.24) is 0 Å². The van der Waals surface area contributed by atoms with Gasteiger partial charge in [0.1, 0.15) is 5.82 Å². The lowest BCUT2D eigenvalue weighted by Gasteiger charge is -2.16. The van der Waals surface area contributed by atoms with Crippen LogP contribution in [0.25, 0.3) is 0 Å². The van der Waals surface area contributed by atoms with E-state index in [1.807, 2.05) is 0 Å². The standard InChI is InChI=1S/C10H8BrF3O2/c11-7-5-6(1-2-8(7)12)10(13,14)4-3-9(15)16/h1-2,5H,3-4H2,(H,15,16). The van der Waals surface area contributed by atoms with Gasteiger partial charge in [0, 0.05) is 12.0 Å². The minimum atomic E-state index is -3.27. The van der Waals surface area contributed by atoms with E-state index in [-0.39, 0.29) is 4.47 Å². The highest BCUT2D eigenvalue weighted by Crippen LogP contribution is 2.34. The summed E-state index contributed by atoms with van der Waals surface area (Å²) in [6.07, 6.45) is -1.44. The number of carboxylic acids is 1. The molecule has 1 aromatic rings. The predicted octanol–water partition coefficient (Wildman–Crippen LogP) is 3.54. The summed E-state index contributed by atoms with van der Waals surface area (Å²) in [5.74, 6) is -5.20. The Bertz CT molecular complexity index is 407. The van der Waals surface area contributed by atoms with Crippen molar-refractivity contribution in [3.63, 3.8) is 0 Å². The van der Waals surface area contributed by atoms with E-state index in [0.29, 0.717) is 0 Å². The fourth-order valence-electron chi connectivity index (χ4n) is 1.13. The zero-order valence-electron chi connectivity index (χ0n) is 8.01. The average Bonchev–Trinajstić information content (AvgIpc) is 2.19. The van der Waals surface area contributed by atoms with E-state index < -0.39 is 36.1 Å². The van der Waals surface area contributed by atoms with Crippen LogP contribution in [-0.2, 0) is 10.7 Å². The lowest BCUT2D eigenvalue weighted by molar-refractivity contribution is -0.139. The van der Waals surface area contributed by atoms with Gasteiger partial charge in [-0.15, -0.1) is 0 Å². The molecule has 0 amide bonds. The highest BCUT2D eigenvalue weighted by molar-refractivity contribution is 9.10. The van der Waals surface area contributed by atoms with Gasteiger partial charge in [0.15, 0.2) is 0 Å². The minimum absolute atomic E-state index is 0.0694. The molecule has 0 saturated carbocycles. The van der Waals surface area contributed by atoms with Gasteiger partial charge in [0.05, 0.1) is 10.9 Å². The summed E-state index contributed by atoms with van der Waals surface area (Å²) in [5.41, 5.74) is -0.401. The Hall–Kier alpha value is -1.04. The first-order valence-corrected chi connectivity index (χ1v) is 5.17. The molecule has 2 nitrogen and oxygen atoms in total. The van der Waals surface area contributed by atoms with E-state index in [1.54, 1.807) is 0 Å². The Morgan fingerprint density at radius 3 is 2.56 bits per heavy atom. The monoisotopic (exact) mass is 296 g/mol. The molecule has 0 bridgehead atoms. The fourth-order valence-corrected chi connectivity index (χ4v) is 1.51. The quantitative estimate of drug-likeness (QED) is 0.923. The molecule has 0 atom stereocenters. The number of carboxylic acid groups (broad SMARTS) is 1. The highest BCUT2D eigenvalue weighted by atomic mass is 79.9. The van der Waals surface area contributed by atoms with Crippen LogP contribution in [0, 0.1) is 5.82 Å². The zero-order valence-corrected chi connectivity index (χ0v) is 9.60. The van der Waals surface area contributed by atoms with Crippen molar-refractivity contribution in [3.05, 3.63) is 34.1 Å². The van der Waals surface area contributed by atoms with E-state index in [9.17, 15) is 18.0 Å². The van der Waals surface area contributed by atoms with Crippen LogP contribution in [-0.4, -0.2) is 11.1 Å². The second-order valence-corrected chi connectivity index (χ2v) is 4.08. The number of alkyl halides is 2. The van der Waals surface area contributed by atoms with Gasteiger partial charge < -0.3 is 5.11 Å². The Morgan fingerprint density at radius 1 is 1.44 bits per heavy atom. The maximum absolute atomic E-state index is 13.4. The molecule has 1 aromatic carbocycles.